The Balaban J connectivity index is 2.95. The fourth-order valence-corrected chi connectivity index (χ4v) is 1.89. The molecule has 0 unspecified atom stereocenters. The Bertz CT molecular complexity index is 521. The van der Waals surface area contributed by atoms with Gasteiger partial charge in [-0.3, -0.25) is 0 Å². The third-order valence-corrected chi connectivity index (χ3v) is 2.92. The van der Waals surface area contributed by atoms with E-state index in [1.807, 2.05) is 0 Å². The van der Waals surface area contributed by atoms with Gasteiger partial charge in [0, 0.05) is 13.2 Å². The highest BCUT2D eigenvalue weighted by Crippen LogP contribution is 2.27. The highest BCUT2D eigenvalue weighted by atomic mass is 79.9. The molecule has 5 nitrogen and oxygen atoms in total. The summed E-state index contributed by atoms with van der Waals surface area (Å²) in [6, 6.07) is 0. The molecular weight excluding hydrogens is 250 g/mol. The largest absolute Gasteiger partial charge is 0.478 e. The first-order valence-corrected chi connectivity index (χ1v) is 4.59. The summed E-state index contributed by atoms with van der Waals surface area (Å²) in [5.41, 5.74) is 0.798. The molecule has 0 radical (unpaired) electrons. The minimum Gasteiger partial charge on any atom is -0.478 e. The van der Waals surface area contributed by atoms with Crippen LogP contribution < -0.4 is 0 Å². The van der Waals surface area contributed by atoms with Crippen LogP contribution in [0.15, 0.2) is 17.1 Å². The van der Waals surface area contributed by atoms with Gasteiger partial charge in [-0.1, -0.05) is 0 Å². The SMILES string of the molecule is Cn1c(Br)c(C(=O)O)c2cncnc21. The second-order valence-electron chi connectivity index (χ2n) is 2.79. The summed E-state index contributed by atoms with van der Waals surface area (Å²) in [7, 11) is 1.74. The van der Waals surface area contributed by atoms with Crippen molar-refractivity contribution in [2.24, 2.45) is 7.05 Å². The highest BCUT2D eigenvalue weighted by Gasteiger charge is 2.19. The fraction of sp³-hybridized carbons (Fsp3) is 0.125. The van der Waals surface area contributed by atoms with Gasteiger partial charge < -0.3 is 9.67 Å². The molecule has 6 heteroatoms. The molecule has 0 aliphatic carbocycles. The molecule has 1 N–H and O–H groups in total. The molecule has 2 rings (SSSR count). The number of carboxylic acid groups (broad SMARTS) is 1. The van der Waals surface area contributed by atoms with Crippen LogP contribution in [0.2, 0.25) is 0 Å². The Morgan fingerprint density at radius 2 is 2.36 bits per heavy atom. The maximum absolute atomic E-state index is 11.0. The Hall–Kier alpha value is -1.43. The Morgan fingerprint density at radius 3 is 3.00 bits per heavy atom. The average Bonchev–Trinajstić information content (AvgIpc) is 2.41. The molecule has 0 aromatic carbocycles. The molecule has 2 heterocycles. The second-order valence-corrected chi connectivity index (χ2v) is 3.54. The van der Waals surface area contributed by atoms with Crippen molar-refractivity contribution in [3.05, 3.63) is 22.7 Å². The summed E-state index contributed by atoms with van der Waals surface area (Å²) in [6.45, 7) is 0. The number of carboxylic acids is 1. The van der Waals surface area contributed by atoms with Gasteiger partial charge in [0.15, 0.2) is 0 Å². The number of hydrogen-bond donors (Lipinski definition) is 1. The van der Waals surface area contributed by atoms with E-state index in [1.54, 1.807) is 11.6 Å². The summed E-state index contributed by atoms with van der Waals surface area (Å²) in [5, 5.41) is 9.51. The first-order valence-electron chi connectivity index (χ1n) is 3.80. The minimum absolute atomic E-state index is 0.197. The average molecular weight is 256 g/mol. The summed E-state index contributed by atoms with van der Waals surface area (Å²) < 4.78 is 2.17. The number of hydrogen-bond acceptors (Lipinski definition) is 3. The van der Waals surface area contributed by atoms with E-state index in [-0.39, 0.29) is 5.56 Å². The van der Waals surface area contributed by atoms with Crippen molar-refractivity contribution < 1.29 is 9.90 Å². The second kappa shape index (κ2) is 3.06. The topological polar surface area (TPSA) is 68.0 Å². The summed E-state index contributed by atoms with van der Waals surface area (Å²) >= 11 is 3.21. The third kappa shape index (κ3) is 1.11. The molecule has 0 aliphatic rings. The van der Waals surface area contributed by atoms with Crippen molar-refractivity contribution in [1.29, 1.82) is 0 Å². The summed E-state index contributed by atoms with van der Waals surface area (Å²) in [4.78, 5) is 18.8. The molecule has 14 heavy (non-hydrogen) atoms. The number of nitrogens with zero attached hydrogens (tertiary/aromatic N) is 3. The van der Waals surface area contributed by atoms with Gasteiger partial charge >= 0.3 is 5.97 Å². The lowest BCUT2D eigenvalue weighted by Crippen LogP contribution is -1.96. The zero-order valence-corrected chi connectivity index (χ0v) is 8.82. The van der Waals surface area contributed by atoms with E-state index >= 15 is 0 Å². The van der Waals surface area contributed by atoms with Crippen LogP contribution in [0.4, 0.5) is 0 Å². The number of halogens is 1. The molecule has 0 saturated heterocycles. The summed E-state index contributed by atoms with van der Waals surface area (Å²) in [6.07, 6.45) is 2.89. The maximum atomic E-state index is 11.0. The quantitative estimate of drug-likeness (QED) is 0.837. The number of carbonyl (C=O) groups is 1. The van der Waals surface area contributed by atoms with Gasteiger partial charge in [-0.25, -0.2) is 14.8 Å². The van der Waals surface area contributed by atoms with E-state index in [1.165, 1.54) is 12.5 Å². The lowest BCUT2D eigenvalue weighted by molar-refractivity contribution is 0.0697. The molecular formula is C8H6BrN3O2. The van der Waals surface area contributed by atoms with Crippen LogP contribution in [-0.2, 0) is 7.05 Å². The molecule has 72 valence electrons. The van der Waals surface area contributed by atoms with Gasteiger partial charge in [0.05, 0.1) is 5.39 Å². The lowest BCUT2D eigenvalue weighted by Gasteiger charge is -1.94. The van der Waals surface area contributed by atoms with E-state index < -0.39 is 5.97 Å². The van der Waals surface area contributed by atoms with Crippen molar-refractivity contribution >= 4 is 32.9 Å². The van der Waals surface area contributed by atoms with Crippen molar-refractivity contribution in [3.8, 4) is 0 Å². The van der Waals surface area contributed by atoms with Crippen molar-refractivity contribution in [1.82, 2.24) is 14.5 Å². The molecule has 2 aromatic heterocycles. The first-order chi connectivity index (χ1) is 6.63. The lowest BCUT2D eigenvalue weighted by atomic mass is 10.2. The fourth-order valence-electron chi connectivity index (χ4n) is 1.34. The monoisotopic (exact) mass is 255 g/mol. The molecule has 0 aliphatic heterocycles. The van der Waals surface area contributed by atoms with Crippen LogP contribution in [0.1, 0.15) is 10.4 Å². The number of fused-ring (bicyclic) bond motifs is 1. The standard InChI is InChI=1S/C8H6BrN3O2/c1-12-6(9)5(8(13)14)4-2-10-3-11-7(4)12/h2-3H,1H3,(H,13,14). The number of aromatic carboxylic acids is 1. The van der Waals surface area contributed by atoms with Crippen LogP contribution in [0.5, 0.6) is 0 Å². The van der Waals surface area contributed by atoms with Gasteiger partial charge in [0.2, 0.25) is 0 Å². The Labute approximate surface area is 87.5 Å². The maximum Gasteiger partial charge on any atom is 0.339 e. The van der Waals surface area contributed by atoms with Crippen molar-refractivity contribution in [2.45, 2.75) is 0 Å². The van der Waals surface area contributed by atoms with Crippen LogP contribution in [0.25, 0.3) is 11.0 Å². The molecule has 0 saturated carbocycles. The number of aryl methyl sites for hydroxylation is 1. The van der Waals surface area contributed by atoms with Crippen LogP contribution in [0, 0.1) is 0 Å². The number of rotatable bonds is 1. The molecule has 2 aromatic rings. The highest BCUT2D eigenvalue weighted by molar-refractivity contribution is 9.10. The van der Waals surface area contributed by atoms with E-state index in [4.69, 9.17) is 5.11 Å². The predicted molar refractivity (Wildman–Crippen MR) is 53.2 cm³/mol. The van der Waals surface area contributed by atoms with E-state index in [2.05, 4.69) is 25.9 Å². The summed E-state index contributed by atoms with van der Waals surface area (Å²) in [5.74, 6) is -0.989. The molecule has 0 atom stereocenters. The van der Waals surface area contributed by atoms with Crippen molar-refractivity contribution in [2.75, 3.05) is 0 Å². The van der Waals surface area contributed by atoms with Gasteiger partial charge in [-0.2, -0.15) is 0 Å². The van der Waals surface area contributed by atoms with Crippen molar-refractivity contribution in [3.63, 3.8) is 0 Å². The van der Waals surface area contributed by atoms with Gasteiger partial charge in [0.1, 0.15) is 22.1 Å². The van der Waals surface area contributed by atoms with E-state index in [9.17, 15) is 4.79 Å². The molecule has 0 bridgehead atoms. The van der Waals surface area contributed by atoms with Crippen LogP contribution in [-0.4, -0.2) is 25.6 Å². The third-order valence-electron chi connectivity index (χ3n) is 1.99. The predicted octanol–water partition coefficient (Wildman–Crippen LogP) is 1.43. The van der Waals surface area contributed by atoms with E-state index in [0.717, 1.165) is 0 Å². The Morgan fingerprint density at radius 1 is 1.64 bits per heavy atom. The number of aromatic nitrogens is 3. The zero-order chi connectivity index (χ0) is 10.3. The van der Waals surface area contributed by atoms with Gasteiger partial charge in [-0.05, 0) is 15.9 Å². The zero-order valence-electron chi connectivity index (χ0n) is 7.23. The Kier molecular flexibility index (Phi) is 1.99. The molecule has 0 spiro atoms. The van der Waals surface area contributed by atoms with E-state index in [0.29, 0.717) is 15.6 Å². The van der Waals surface area contributed by atoms with Crippen LogP contribution >= 0.6 is 15.9 Å². The van der Waals surface area contributed by atoms with Gasteiger partial charge in [0.25, 0.3) is 0 Å². The molecule has 0 fully saturated rings. The van der Waals surface area contributed by atoms with Gasteiger partial charge in [-0.15, -0.1) is 0 Å². The molecule has 0 amide bonds. The minimum atomic E-state index is -0.989. The normalized spacial score (nSPS) is 10.7. The van der Waals surface area contributed by atoms with Crippen LogP contribution in [0.3, 0.4) is 0 Å². The smallest absolute Gasteiger partial charge is 0.339 e. The first kappa shape index (κ1) is 9.14.